The summed E-state index contributed by atoms with van der Waals surface area (Å²) in [6.07, 6.45) is 0.662. The molecule has 1 aliphatic rings. The number of halogens is 1. The predicted octanol–water partition coefficient (Wildman–Crippen LogP) is 2.05. The Labute approximate surface area is 93.2 Å². The lowest BCUT2D eigenvalue weighted by Gasteiger charge is -2.09. The van der Waals surface area contributed by atoms with Crippen LogP contribution in [0.3, 0.4) is 0 Å². The van der Waals surface area contributed by atoms with Crippen LogP contribution in [0.4, 0.5) is 4.39 Å². The molecule has 1 aliphatic heterocycles. The summed E-state index contributed by atoms with van der Waals surface area (Å²) in [7, 11) is 1.38. The lowest BCUT2D eigenvalue weighted by Crippen LogP contribution is -2.16. The third-order valence-corrected chi connectivity index (χ3v) is 2.75. The molecule has 1 aromatic rings. The second-order valence-electron chi connectivity index (χ2n) is 3.75. The number of benzene rings is 1. The Balaban J connectivity index is 2.29. The van der Waals surface area contributed by atoms with Gasteiger partial charge in [0.05, 0.1) is 19.3 Å². The van der Waals surface area contributed by atoms with Crippen LogP contribution in [0.2, 0.25) is 0 Å². The largest absolute Gasteiger partial charge is 0.494 e. The van der Waals surface area contributed by atoms with Gasteiger partial charge >= 0.3 is 0 Å². The minimum atomic E-state index is -0.582. The molecule has 0 radical (unpaired) electrons. The maximum atomic E-state index is 13.8. The second-order valence-corrected chi connectivity index (χ2v) is 3.75. The van der Waals surface area contributed by atoms with Crippen molar-refractivity contribution in [2.24, 2.45) is 5.92 Å². The molecule has 1 fully saturated rings. The third kappa shape index (κ3) is 1.93. The highest BCUT2D eigenvalue weighted by Crippen LogP contribution is 2.25. The van der Waals surface area contributed by atoms with Crippen molar-refractivity contribution in [1.29, 1.82) is 0 Å². The monoisotopic (exact) mass is 224 g/mol. The number of ether oxygens (including phenoxy) is 2. The maximum absolute atomic E-state index is 13.8. The van der Waals surface area contributed by atoms with Gasteiger partial charge in [-0.3, -0.25) is 4.79 Å². The average Bonchev–Trinajstić information content (AvgIpc) is 2.82. The number of Topliss-reactive ketones (excluding diaryl/α,β-unsaturated/α-hetero) is 1. The van der Waals surface area contributed by atoms with Gasteiger partial charge in [0.2, 0.25) is 0 Å². The third-order valence-electron chi connectivity index (χ3n) is 2.75. The first-order valence-electron chi connectivity index (χ1n) is 5.18. The van der Waals surface area contributed by atoms with Gasteiger partial charge in [0.1, 0.15) is 0 Å². The molecule has 1 heterocycles. The van der Waals surface area contributed by atoms with Gasteiger partial charge in [0.25, 0.3) is 0 Å². The molecule has 4 heteroatoms. The van der Waals surface area contributed by atoms with Crippen molar-refractivity contribution in [3.8, 4) is 5.75 Å². The van der Waals surface area contributed by atoms with E-state index in [0.29, 0.717) is 19.6 Å². The number of carbonyl (C=O) groups is 1. The predicted molar refractivity (Wildman–Crippen MR) is 56.2 cm³/mol. The first-order valence-corrected chi connectivity index (χ1v) is 5.18. The molecule has 2 rings (SSSR count). The van der Waals surface area contributed by atoms with Crippen molar-refractivity contribution in [2.75, 3.05) is 20.3 Å². The molecule has 0 aliphatic carbocycles. The van der Waals surface area contributed by atoms with E-state index in [2.05, 4.69) is 0 Å². The molecule has 0 bridgehead atoms. The van der Waals surface area contributed by atoms with E-state index in [0.717, 1.165) is 0 Å². The van der Waals surface area contributed by atoms with Crippen molar-refractivity contribution < 1.29 is 18.7 Å². The smallest absolute Gasteiger partial charge is 0.175 e. The van der Waals surface area contributed by atoms with Crippen molar-refractivity contribution in [1.82, 2.24) is 0 Å². The molecule has 1 atom stereocenters. The van der Waals surface area contributed by atoms with Crippen LogP contribution in [0.25, 0.3) is 0 Å². The van der Waals surface area contributed by atoms with Crippen LogP contribution in [0.5, 0.6) is 5.75 Å². The summed E-state index contributed by atoms with van der Waals surface area (Å²) in [4.78, 5) is 12.0. The molecule has 3 nitrogen and oxygen atoms in total. The Hall–Kier alpha value is -1.42. The standard InChI is InChI=1S/C12H13FO3/c1-15-10-4-2-3-9(11(10)13)12(14)8-5-6-16-7-8/h2-4,8H,5-7H2,1H3. The Kier molecular flexibility index (Phi) is 3.19. The zero-order valence-corrected chi connectivity index (χ0v) is 9.03. The van der Waals surface area contributed by atoms with E-state index in [-0.39, 0.29) is 23.0 Å². The van der Waals surface area contributed by atoms with E-state index in [4.69, 9.17) is 9.47 Å². The minimum Gasteiger partial charge on any atom is -0.494 e. The molecule has 1 aromatic carbocycles. The first-order chi connectivity index (χ1) is 7.74. The van der Waals surface area contributed by atoms with Gasteiger partial charge < -0.3 is 9.47 Å². The van der Waals surface area contributed by atoms with Gasteiger partial charge in [-0.2, -0.15) is 0 Å². The quantitative estimate of drug-likeness (QED) is 0.737. The summed E-state index contributed by atoms with van der Waals surface area (Å²) in [6.45, 7) is 0.956. The molecule has 86 valence electrons. The van der Waals surface area contributed by atoms with Crippen molar-refractivity contribution in [3.05, 3.63) is 29.6 Å². The molecule has 16 heavy (non-hydrogen) atoms. The lowest BCUT2D eigenvalue weighted by atomic mass is 9.96. The Bertz CT molecular complexity index is 397. The highest BCUT2D eigenvalue weighted by molar-refractivity contribution is 5.98. The average molecular weight is 224 g/mol. The lowest BCUT2D eigenvalue weighted by molar-refractivity contribution is 0.0895. The van der Waals surface area contributed by atoms with Gasteiger partial charge in [-0.15, -0.1) is 0 Å². The van der Waals surface area contributed by atoms with Crippen molar-refractivity contribution >= 4 is 5.78 Å². The number of rotatable bonds is 3. The van der Waals surface area contributed by atoms with E-state index < -0.39 is 5.82 Å². The maximum Gasteiger partial charge on any atom is 0.175 e. The van der Waals surface area contributed by atoms with E-state index in [9.17, 15) is 9.18 Å². The fraction of sp³-hybridized carbons (Fsp3) is 0.417. The number of carbonyl (C=O) groups excluding carboxylic acids is 1. The number of methoxy groups -OCH3 is 1. The number of hydrogen-bond donors (Lipinski definition) is 0. The first kappa shape index (κ1) is 11.1. The minimum absolute atomic E-state index is 0.0925. The van der Waals surface area contributed by atoms with Crippen LogP contribution in [0.1, 0.15) is 16.8 Å². The molecule has 1 saturated heterocycles. The fourth-order valence-corrected chi connectivity index (χ4v) is 1.82. The van der Waals surface area contributed by atoms with Crippen LogP contribution < -0.4 is 4.74 Å². The SMILES string of the molecule is COc1cccc(C(=O)C2CCOC2)c1F. The van der Waals surface area contributed by atoms with Gasteiger partial charge in [-0.25, -0.2) is 4.39 Å². The van der Waals surface area contributed by atoms with E-state index >= 15 is 0 Å². The van der Waals surface area contributed by atoms with Crippen LogP contribution in [0.15, 0.2) is 18.2 Å². The highest BCUT2D eigenvalue weighted by atomic mass is 19.1. The summed E-state index contributed by atoms with van der Waals surface area (Å²) in [5.74, 6) is -0.901. The molecule has 1 unspecified atom stereocenters. The summed E-state index contributed by atoms with van der Waals surface area (Å²) in [6, 6.07) is 4.60. The van der Waals surface area contributed by atoms with Crippen molar-refractivity contribution in [3.63, 3.8) is 0 Å². The number of ketones is 1. The summed E-state index contributed by atoms with van der Waals surface area (Å²) >= 11 is 0. The molecule has 0 saturated carbocycles. The fourth-order valence-electron chi connectivity index (χ4n) is 1.82. The summed E-state index contributed by atoms with van der Waals surface area (Å²) < 4.78 is 23.8. The zero-order valence-electron chi connectivity index (χ0n) is 9.03. The molecule has 0 N–H and O–H groups in total. The molecular weight excluding hydrogens is 211 g/mol. The molecule has 0 spiro atoms. The Morgan fingerprint density at radius 3 is 3.00 bits per heavy atom. The van der Waals surface area contributed by atoms with Gasteiger partial charge in [-0.1, -0.05) is 6.07 Å². The molecule has 0 aromatic heterocycles. The Morgan fingerprint density at radius 2 is 2.38 bits per heavy atom. The van der Waals surface area contributed by atoms with Crippen LogP contribution in [-0.2, 0) is 4.74 Å². The topological polar surface area (TPSA) is 35.5 Å². The van der Waals surface area contributed by atoms with Crippen molar-refractivity contribution in [2.45, 2.75) is 6.42 Å². The zero-order chi connectivity index (χ0) is 11.5. The summed E-state index contributed by atoms with van der Waals surface area (Å²) in [5, 5.41) is 0. The van der Waals surface area contributed by atoms with Gasteiger partial charge in [0, 0.05) is 12.5 Å². The van der Waals surface area contributed by atoms with Gasteiger partial charge in [-0.05, 0) is 18.6 Å². The Morgan fingerprint density at radius 1 is 1.56 bits per heavy atom. The van der Waals surface area contributed by atoms with Gasteiger partial charge in [0.15, 0.2) is 17.3 Å². The normalized spacial score (nSPS) is 19.8. The van der Waals surface area contributed by atoms with Crippen LogP contribution >= 0.6 is 0 Å². The summed E-state index contributed by atoms with van der Waals surface area (Å²) in [5.41, 5.74) is 0.0925. The molecule has 0 amide bonds. The van der Waals surface area contributed by atoms with E-state index in [1.807, 2.05) is 0 Å². The highest BCUT2D eigenvalue weighted by Gasteiger charge is 2.27. The second kappa shape index (κ2) is 4.61. The van der Waals surface area contributed by atoms with E-state index in [1.54, 1.807) is 6.07 Å². The number of hydrogen-bond acceptors (Lipinski definition) is 3. The van der Waals surface area contributed by atoms with Crippen LogP contribution in [0, 0.1) is 11.7 Å². The van der Waals surface area contributed by atoms with Crippen LogP contribution in [-0.4, -0.2) is 26.1 Å². The molecular formula is C12H13FO3. The van der Waals surface area contributed by atoms with E-state index in [1.165, 1.54) is 19.2 Å².